The molecule has 0 unspecified atom stereocenters. The van der Waals surface area contributed by atoms with Gasteiger partial charge in [0.05, 0.1) is 4.90 Å². The Morgan fingerprint density at radius 3 is 2.22 bits per heavy atom. The monoisotopic (exact) mass is 475 g/mol. The summed E-state index contributed by atoms with van der Waals surface area (Å²) in [5, 5.41) is 6.77. The Labute approximate surface area is 193 Å². The molecule has 0 spiro atoms. The molecule has 2 aliphatic rings. The molecule has 1 N–H and O–H groups in total. The quantitative estimate of drug-likeness (QED) is 0.720. The molecule has 4 rings (SSSR count). The maximum atomic E-state index is 13.0. The van der Waals surface area contributed by atoms with Crippen molar-refractivity contribution in [2.75, 3.05) is 26.2 Å². The van der Waals surface area contributed by atoms with Crippen LogP contribution in [0.2, 0.25) is 0 Å². The van der Waals surface area contributed by atoms with Crippen LogP contribution in [0.1, 0.15) is 41.6 Å². The van der Waals surface area contributed by atoms with Gasteiger partial charge in [-0.3, -0.25) is 9.59 Å². The van der Waals surface area contributed by atoms with Crippen molar-refractivity contribution >= 4 is 33.2 Å². The zero-order valence-corrected chi connectivity index (χ0v) is 19.8. The molecule has 9 heteroatoms. The predicted molar refractivity (Wildman–Crippen MR) is 124 cm³/mol. The van der Waals surface area contributed by atoms with E-state index in [4.69, 9.17) is 0 Å². The van der Waals surface area contributed by atoms with Crippen molar-refractivity contribution in [2.24, 2.45) is 5.92 Å². The molecular weight excluding hydrogens is 446 g/mol. The number of carbonyl (C=O) groups is 2. The van der Waals surface area contributed by atoms with Gasteiger partial charge in [-0.1, -0.05) is 17.7 Å². The van der Waals surface area contributed by atoms with Gasteiger partial charge in [0.15, 0.2) is 0 Å². The minimum atomic E-state index is -3.52. The second-order valence-electron chi connectivity index (χ2n) is 8.58. The standard InChI is InChI=1S/C23H29N3O4S2/c1-17-2-4-21(5-3-17)32(29,30)26-13-6-18(7-14-26)23(28)25-11-8-20(9-12-25)24-22(27)19-10-15-31-16-19/h2-5,10,15-16,18,20H,6-9,11-14H2,1H3,(H,24,27). The SMILES string of the molecule is Cc1ccc(S(=O)(=O)N2CCC(C(=O)N3CCC(NC(=O)c4ccsc4)CC3)CC2)cc1. The highest BCUT2D eigenvalue weighted by Gasteiger charge is 2.35. The fraction of sp³-hybridized carbons (Fsp3) is 0.478. The molecule has 1 aromatic carbocycles. The lowest BCUT2D eigenvalue weighted by molar-refractivity contribution is -0.137. The molecule has 0 radical (unpaired) electrons. The fourth-order valence-electron chi connectivity index (χ4n) is 4.37. The smallest absolute Gasteiger partial charge is 0.252 e. The summed E-state index contributed by atoms with van der Waals surface area (Å²) < 4.78 is 27.3. The van der Waals surface area contributed by atoms with Crippen molar-refractivity contribution < 1.29 is 18.0 Å². The molecule has 1 aromatic heterocycles. The minimum Gasteiger partial charge on any atom is -0.349 e. The molecule has 7 nitrogen and oxygen atoms in total. The number of piperidine rings is 2. The van der Waals surface area contributed by atoms with E-state index in [0.717, 1.165) is 18.4 Å². The molecule has 0 saturated carbocycles. The third-order valence-corrected chi connectivity index (χ3v) is 8.98. The number of rotatable bonds is 5. The van der Waals surface area contributed by atoms with E-state index in [-0.39, 0.29) is 23.8 Å². The molecule has 2 fully saturated rings. The second kappa shape index (κ2) is 9.72. The summed E-state index contributed by atoms with van der Waals surface area (Å²) in [6, 6.07) is 8.77. The van der Waals surface area contributed by atoms with Crippen LogP contribution in [-0.2, 0) is 14.8 Å². The number of nitrogens with one attached hydrogen (secondary N) is 1. The van der Waals surface area contributed by atoms with Crippen molar-refractivity contribution in [1.29, 1.82) is 0 Å². The molecule has 0 bridgehead atoms. The summed E-state index contributed by atoms with van der Waals surface area (Å²) in [6.07, 6.45) is 2.56. The largest absolute Gasteiger partial charge is 0.349 e. The van der Waals surface area contributed by atoms with Crippen LogP contribution in [0.15, 0.2) is 46.0 Å². The molecule has 0 atom stereocenters. The van der Waals surface area contributed by atoms with Gasteiger partial charge in [-0.15, -0.1) is 0 Å². The first kappa shape index (κ1) is 22.9. The van der Waals surface area contributed by atoms with Crippen LogP contribution in [0.5, 0.6) is 0 Å². The van der Waals surface area contributed by atoms with Gasteiger partial charge in [-0.05, 0) is 56.2 Å². The Balaban J connectivity index is 1.26. The van der Waals surface area contributed by atoms with E-state index in [1.807, 2.05) is 28.7 Å². The summed E-state index contributed by atoms with van der Waals surface area (Å²) in [5.74, 6) is -0.0883. The summed E-state index contributed by atoms with van der Waals surface area (Å²) in [4.78, 5) is 27.4. The van der Waals surface area contributed by atoms with E-state index >= 15 is 0 Å². The fourth-order valence-corrected chi connectivity index (χ4v) is 6.47. The molecule has 2 aromatic rings. The van der Waals surface area contributed by atoms with Crippen LogP contribution in [0, 0.1) is 12.8 Å². The number of carbonyl (C=O) groups excluding carboxylic acids is 2. The number of benzene rings is 1. The van der Waals surface area contributed by atoms with E-state index < -0.39 is 10.0 Å². The van der Waals surface area contributed by atoms with E-state index in [2.05, 4.69) is 5.32 Å². The normalized spacial score (nSPS) is 19.1. The maximum Gasteiger partial charge on any atom is 0.252 e. The number of sulfonamides is 1. The number of aryl methyl sites for hydroxylation is 1. The van der Waals surface area contributed by atoms with Gasteiger partial charge in [0.2, 0.25) is 15.9 Å². The molecule has 0 aliphatic carbocycles. The molecule has 172 valence electrons. The highest BCUT2D eigenvalue weighted by Crippen LogP contribution is 2.26. The number of hydrogen-bond donors (Lipinski definition) is 1. The van der Waals surface area contributed by atoms with Gasteiger partial charge in [0.25, 0.3) is 5.91 Å². The van der Waals surface area contributed by atoms with Crippen molar-refractivity contribution in [3.63, 3.8) is 0 Å². The van der Waals surface area contributed by atoms with E-state index in [1.165, 1.54) is 15.6 Å². The molecule has 32 heavy (non-hydrogen) atoms. The molecule has 2 amide bonds. The van der Waals surface area contributed by atoms with Crippen LogP contribution >= 0.6 is 11.3 Å². The zero-order chi connectivity index (χ0) is 22.7. The number of thiophene rings is 1. The van der Waals surface area contributed by atoms with E-state index in [1.54, 1.807) is 24.3 Å². The molecule has 3 heterocycles. The second-order valence-corrected chi connectivity index (χ2v) is 11.3. The van der Waals surface area contributed by atoms with Crippen molar-refractivity contribution in [2.45, 2.75) is 43.5 Å². The molecular formula is C23H29N3O4S2. The third-order valence-electron chi connectivity index (χ3n) is 6.39. The zero-order valence-electron chi connectivity index (χ0n) is 18.2. The number of likely N-dealkylation sites (tertiary alicyclic amines) is 1. The summed E-state index contributed by atoms with van der Waals surface area (Å²) in [6.45, 7) is 3.89. The van der Waals surface area contributed by atoms with Crippen LogP contribution in [-0.4, -0.2) is 61.7 Å². The summed E-state index contributed by atoms with van der Waals surface area (Å²) in [5.41, 5.74) is 1.70. The lowest BCUT2D eigenvalue weighted by Gasteiger charge is -2.37. The maximum absolute atomic E-state index is 13.0. The lowest BCUT2D eigenvalue weighted by Crippen LogP contribution is -2.49. The first-order chi connectivity index (χ1) is 15.3. The first-order valence-electron chi connectivity index (χ1n) is 11.0. The van der Waals surface area contributed by atoms with Crippen LogP contribution < -0.4 is 5.32 Å². The number of hydrogen-bond acceptors (Lipinski definition) is 5. The van der Waals surface area contributed by atoms with Gasteiger partial charge < -0.3 is 10.2 Å². The van der Waals surface area contributed by atoms with Gasteiger partial charge >= 0.3 is 0 Å². The average molecular weight is 476 g/mol. The molecule has 2 aliphatic heterocycles. The van der Waals surface area contributed by atoms with Crippen molar-refractivity contribution in [3.8, 4) is 0 Å². The van der Waals surface area contributed by atoms with Gasteiger partial charge in [-0.2, -0.15) is 15.6 Å². The average Bonchev–Trinajstić information content (AvgIpc) is 3.35. The van der Waals surface area contributed by atoms with Crippen LogP contribution in [0.3, 0.4) is 0 Å². The topological polar surface area (TPSA) is 86.8 Å². The summed E-state index contributed by atoms with van der Waals surface area (Å²) in [7, 11) is -3.52. The summed E-state index contributed by atoms with van der Waals surface area (Å²) >= 11 is 1.50. The van der Waals surface area contributed by atoms with Crippen molar-refractivity contribution in [1.82, 2.24) is 14.5 Å². The predicted octanol–water partition coefficient (Wildman–Crippen LogP) is 2.88. The number of nitrogens with zero attached hydrogens (tertiary/aromatic N) is 2. The third kappa shape index (κ3) is 5.05. The minimum absolute atomic E-state index is 0.0572. The van der Waals surface area contributed by atoms with Crippen LogP contribution in [0.25, 0.3) is 0 Å². The highest BCUT2D eigenvalue weighted by molar-refractivity contribution is 7.89. The number of amides is 2. The van der Waals surface area contributed by atoms with E-state index in [9.17, 15) is 18.0 Å². The highest BCUT2D eigenvalue weighted by atomic mass is 32.2. The van der Waals surface area contributed by atoms with Gasteiger partial charge in [-0.25, -0.2) is 8.42 Å². The van der Waals surface area contributed by atoms with Crippen LogP contribution in [0.4, 0.5) is 0 Å². The Morgan fingerprint density at radius 2 is 1.62 bits per heavy atom. The Kier molecular flexibility index (Phi) is 6.97. The van der Waals surface area contributed by atoms with Gasteiger partial charge in [0.1, 0.15) is 0 Å². The van der Waals surface area contributed by atoms with E-state index in [0.29, 0.717) is 49.5 Å². The Morgan fingerprint density at radius 1 is 0.969 bits per heavy atom. The lowest BCUT2D eigenvalue weighted by atomic mass is 9.95. The Bertz CT molecular complexity index is 1040. The molecule has 2 saturated heterocycles. The van der Waals surface area contributed by atoms with Crippen molar-refractivity contribution in [3.05, 3.63) is 52.2 Å². The van der Waals surface area contributed by atoms with Gasteiger partial charge in [0, 0.05) is 49.1 Å². The first-order valence-corrected chi connectivity index (χ1v) is 13.4. The Hall–Kier alpha value is -2.23.